The van der Waals surface area contributed by atoms with Crippen LogP contribution in [-0.2, 0) is 0 Å². The molecule has 13 heavy (non-hydrogen) atoms. The summed E-state index contributed by atoms with van der Waals surface area (Å²) in [5, 5.41) is 0. The van der Waals surface area contributed by atoms with Gasteiger partial charge < -0.3 is 5.73 Å². The highest BCUT2D eigenvalue weighted by Crippen LogP contribution is 2.36. The van der Waals surface area contributed by atoms with Gasteiger partial charge >= 0.3 is 0 Å². The molecular weight excluding hydrogens is 158 g/mol. The van der Waals surface area contributed by atoms with Gasteiger partial charge in [0.15, 0.2) is 0 Å². The predicted octanol–water partition coefficient (Wildman–Crippen LogP) is 3.19. The zero-order valence-electron chi connectivity index (χ0n) is 9.26. The molecule has 1 saturated carbocycles. The SMILES string of the molecule is CCC1CCCC(C(C)CCN)C1. The van der Waals surface area contributed by atoms with Crippen LogP contribution < -0.4 is 5.73 Å². The van der Waals surface area contributed by atoms with Gasteiger partial charge in [0.2, 0.25) is 0 Å². The van der Waals surface area contributed by atoms with E-state index in [1.807, 2.05) is 0 Å². The van der Waals surface area contributed by atoms with E-state index in [2.05, 4.69) is 13.8 Å². The molecule has 0 heterocycles. The zero-order valence-corrected chi connectivity index (χ0v) is 9.26. The Morgan fingerprint density at radius 1 is 1.38 bits per heavy atom. The smallest absolute Gasteiger partial charge is 0.00746 e. The van der Waals surface area contributed by atoms with Crippen LogP contribution in [0.5, 0.6) is 0 Å². The molecule has 0 aliphatic heterocycles. The summed E-state index contributed by atoms with van der Waals surface area (Å²) in [5.74, 6) is 2.85. The van der Waals surface area contributed by atoms with Crippen molar-refractivity contribution in [2.45, 2.75) is 52.4 Å². The second-order valence-electron chi connectivity index (χ2n) is 4.76. The lowest BCUT2D eigenvalue weighted by atomic mass is 9.74. The molecule has 1 aliphatic rings. The van der Waals surface area contributed by atoms with Crippen molar-refractivity contribution in [2.75, 3.05) is 6.54 Å². The maximum atomic E-state index is 5.60. The summed E-state index contributed by atoms with van der Waals surface area (Å²) in [6.07, 6.45) is 8.46. The Hall–Kier alpha value is -0.0400. The fraction of sp³-hybridized carbons (Fsp3) is 1.00. The molecule has 0 radical (unpaired) electrons. The molecule has 0 bridgehead atoms. The molecule has 1 heteroatoms. The van der Waals surface area contributed by atoms with Gasteiger partial charge in [0, 0.05) is 0 Å². The fourth-order valence-corrected chi connectivity index (χ4v) is 2.72. The highest BCUT2D eigenvalue weighted by Gasteiger charge is 2.24. The number of hydrogen-bond acceptors (Lipinski definition) is 1. The molecular formula is C12H25N. The van der Waals surface area contributed by atoms with Crippen molar-refractivity contribution < 1.29 is 0 Å². The Bertz CT molecular complexity index is 133. The summed E-state index contributed by atoms with van der Waals surface area (Å²) in [4.78, 5) is 0. The predicted molar refractivity (Wildman–Crippen MR) is 58.6 cm³/mol. The van der Waals surface area contributed by atoms with Crippen molar-refractivity contribution in [1.82, 2.24) is 0 Å². The summed E-state index contributed by atoms with van der Waals surface area (Å²) >= 11 is 0. The molecule has 1 rings (SSSR count). The Morgan fingerprint density at radius 2 is 2.15 bits per heavy atom. The van der Waals surface area contributed by atoms with Gasteiger partial charge in [-0.2, -0.15) is 0 Å². The first kappa shape index (κ1) is 11.0. The first-order valence-electron chi connectivity index (χ1n) is 5.98. The zero-order chi connectivity index (χ0) is 9.68. The number of hydrogen-bond donors (Lipinski definition) is 1. The van der Waals surface area contributed by atoms with E-state index in [1.165, 1.54) is 38.5 Å². The molecule has 3 unspecified atom stereocenters. The van der Waals surface area contributed by atoms with E-state index >= 15 is 0 Å². The average Bonchev–Trinajstić information content (AvgIpc) is 2.18. The summed E-state index contributed by atoms with van der Waals surface area (Å²) in [7, 11) is 0. The first-order valence-corrected chi connectivity index (χ1v) is 5.98. The maximum Gasteiger partial charge on any atom is -0.00746 e. The van der Waals surface area contributed by atoms with E-state index in [1.54, 1.807) is 0 Å². The molecule has 0 aromatic rings. The van der Waals surface area contributed by atoms with Crippen LogP contribution >= 0.6 is 0 Å². The van der Waals surface area contributed by atoms with Crippen molar-refractivity contribution in [2.24, 2.45) is 23.5 Å². The highest BCUT2D eigenvalue weighted by atomic mass is 14.5. The lowest BCUT2D eigenvalue weighted by molar-refractivity contribution is 0.196. The van der Waals surface area contributed by atoms with Crippen LogP contribution in [0.3, 0.4) is 0 Å². The summed E-state index contributed by atoms with van der Waals surface area (Å²) in [6, 6.07) is 0. The number of nitrogens with two attached hydrogens (primary N) is 1. The molecule has 1 nitrogen and oxygen atoms in total. The molecule has 1 fully saturated rings. The van der Waals surface area contributed by atoms with Gasteiger partial charge in [0.05, 0.1) is 0 Å². The van der Waals surface area contributed by atoms with Crippen molar-refractivity contribution >= 4 is 0 Å². The Morgan fingerprint density at radius 3 is 2.77 bits per heavy atom. The van der Waals surface area contributed by atoms with Crippen LogP contribution in [0.1, 0.15) is 52.4 Å². The van der Waals surface area contributed by atoms with E-state index in [4.69, 9.17) is 5.73 Å². The molecule has 78 valence electrons. The Labute approximate surface area is 83.1 Å². The van der Waals surface area contributed by atoms with Gasteiger partial charge in [-0.1, -0.05) is 39.5 Å². The third kappa shape index (κ3) is 3.30. The maximum absolute atomic E-state index is 5.60. The van der Waals surface area contributed by atoms with Crippen molar-refractivity contribution in [3.05, 3.63) is 0 Å². The summed E-state index contributed by atoms with van der Waals surface area (Å²) in [6.45, 7) is 5.59. The molecule has 0 spiro atoms. The van der Waals surface area contributed by atoms with Gasteiger partial charge in [-0.3, -0.25) is 0 Å². The van der Waals surface area contributed by atoms with E-state index in [-0.39, 0.29) is 0 Å². The van der Waals surface area contributed by atoms with Crippen LogP contribution in [0.4, 0.5) is 0 Å². The second kappa shape index (κ2) is 5.64. The molecule has 0 amide bonds. The molecule has 0 saturated heterocycles. The van der Waals surface area contributed by atoms with E-state index in [0.29, 0.717) is 0 Å². The minimum Gasteiger partial charge on any atom is -0.330 e. The van der Waals surface area contributed by atoms with E-state index in [0.717, 1.165) is 24.3 Å². The van der Waals surface area contributed by atoms with E-state index < -0.39 is 0 Å². The monoisotopic (exact) mass is 183 g/mol. The minimum absolute atomic E-state index is 0.861. The third-order valence-corrected chi connectivity index (χ3v) is 3.83. The lowest BCUT2D eigenvalue weighted by Crippen LogP contribution is -2.22. The quantitative estimate of drug-likeness (QED) is 0.711. The van der Waals surface area contributed by atoms with Crippen molar-refractivity contribution in [1.29, 1.82) is 0 Å². The van der Waals surface area contributed by atoms with Gasteiger partial charge in [-0.15, -0.1) is 0 Å². The molecule has 3 atom stereocenters. The van der Waals surface area contributed by atoms with Crippen LogP contribution in [0.15, 0.2) is 0 Å². The highest BCUT2D eigenvalue weighted by molar-refractivity contribution is 4.76. The fourth-order valence-electron chi connectivity index (χ4n) is 2.72. The topological polar surface area (TPSA) is 26.0 Å². The van der Waals surface area contributed by atoms with E-state index in [9.17, 15) is 0 Å². The van der Waals surface area contributed by atoms with Gasteiger partial charge in [-0.25, -0.2) is 0 Å². The van der Waals surface area contributed by atoms with Crippen molar-refractivity contribution in [3.8, 4) is 0 Å². The van der Waals surface area contributed by atoms with Gasteiger partial charge in [-0.05, 0) is 37.1 Å². The molecule has 0 aromatic heterocycles. The van der Waals surface area contributed by atoms with Crippen LogP contribution in [-0.4, -0.2) is 6.54 Å². The van der Waals surface area contributed by atoms with Crippen LogP contribution in [0.25, 0.3) is 0 Å². The van der Waals surface area contributed by atoms with Crippen LogP contribution in [0.2, 0.25) is 0 Å². The minimum atomic E-state index is 0.861. The first-order chi connectivity index (χ1) is 6.27. The molecule has 2 N–H and O–H groups in total. The number of rotatable bonds is 4. The molecule has 1 aliphatic carbocycles. The van der Waals surface area contributed by atoms with Gasteiger partial charge in [0.25, 0.3) is 0 Å². The standard InChI is InChI=1S/C12H25N/c1-3-11-5-4-6-12(9-11)10(2)7-8-13/h10-12H,3-9,13H2,1-2H3. The van der Waals surface area contributed by atoms with Crippen molar-refractivity contribution in [3.63, 3.8) is 0 Å². The summed E-state index contributed by atoms with van der Waals surface area (Å²) in [5.41, 5.74) is 5.60. The Balaban J connectivity index is 2.32. The Kier molecular flexibility index (Phi) is 4.79. The average molecular weight is 183 g/mol. The molecule has 0 aromatic carbocycles. The lowest BCUT2D eigenvalue weighted by Gasteiger charge is -2.32. The van der Waals surface area contributed by atoms with Crippen LogP contribution in [0, 0.1) is 17.8 Å². The third-order valence-electron chi connectivity index (χ3n) is 3.83. The largest absolute Gasteiger partial charge is 0.330 e. The summed E-state index contributed by atoms with van der Waals surface area (Å²) < 4.78 is 0. The second-order valence-corrected chi connectivity index (χ2v) is 4.76. The van der Waals surface area contributed by atoms with Gasteiger partial charge in [0.1, 0.15) is 0 Å². The normalized spacial score (nSPS) is 31.6.